The quantitative estimate of drug-likeness (QED) is 0.574. The normalized spacial score (nSPS) is 11.3. The maximum absolute atomic E-state index is 9.68. The fraction of sp³-hybridized carbons (Fsp3) is 0.133. The molecular weight excluding hydrogens is 284 g/mol. The monoisotopic (exact) mass is 298 g/mol. The lowest BCUT2D eigenvalue weighted by atomic mass is 10.2. The van der Waals surface area contributed by atoms with E-state index >= 15 is 0 Å². The van der Waals surface area contributed by atoms with Gasteiger partial charge in [0.1, 0.15) is 16.9 Å². The Kier molecular flexibility index (Phi) is 3.53. The Morgan fingerprint density at radius 2 is 2.05 bits per heavy atom. The van der Waals surface area contributed by atoms with E-state index in [4.69, 9.17) is 0 Å². The number of hydrogen-bond acceptors (Lipinski definition) is 6. The third-order valence-corrected chi connectivity index (χ3v) is 4.39. The molecule has 0 amide bonds. The van der Waals surface area contributed by atoms with Crippen LogP contribution in [0.15, 0.2) is 35.7 Å². The Balaban J connectivity index is 1.91. The number of benzene rings is 1. The van der Waals surface area contributed by atoms with Crippen LogP contribution in [-0.2, 0) is 0 Å². The highest BCUT2D eigenvalue weighted by Gasteiger charge is 2.11. The van der Waals surface area contributed by atoms with Crippen LogP contribution in [0.25, 0.3) is 10.2 Å². The lowest BCUT2D eigenvalue weighted by Gasteiger charge is -2.02. The molecule has 0 aliphatic rings. The SMILES string of the molecule is Cc1sc2ncnc(N/N=C\c3ccccc3O)c2c1C. The van der Waals surface area contributed by atoms with Crippen LogP contribution >= 0.6 is 11.3 Å². The third-order valence-electron chi connectivity index (χ3n) is 3.28. The molecule has 0 saturated carbocycles. The van der Waals surface area contributed by atoms with Crippen molar-refractivity contribution >= 4 is 33.6 Å². The molecule has 0 bridgehead atoms. The molecule has 1 aromatic carbocycles. The van der Waals surface area contributed by atoms with Gasteiger partial charge >= 0.3 is 0 Å². The highest BCUT2D eigenvalue weighted by molar-refractivity contribution is 7.18. The van der Waals surface area contributed by atoms with Crippen molar-refractivity contribution in [3.8, 4) is 5.75 Å². The summed E-state index contributed by atoms with van der Waals surface area (Å²) < 4.78 is 0. The first-order valence-corrected chi connectivity index (χ1v) is 7.26. The summed E-state index contributed by atoms with van der Waals surface area (Å²) in [6.07, 6.45) is 3.09. The molecule has 0 saturated heterocycles. The number of rotatable bonds is 3. The molecule has 0 fully saturated rings. The Bertz CT molecular complexity index is 826. The van der Waals surface area contributed by atoms with E-state index in [0.717, 1.165) is 15.8 Å². The van der Waals surface area contributed by atoms with E-state index in [0.29, 0.717) is 11.4 Å². The predicted molar refractivity (Wildman–Crippen MR) is 86.2 cm³/mol. The predicted octanol–water partition coefficient (Wildman–Crippen LogP) is 3.46. The maximum Gasteiger partial charge on any atom is 0.158 e. The number of aromatic hydroxyl groups is 1. The van der Waals surface area contributed by atoms with Crippen molar-refractivity contribution in [1.29, 1.82) is 0 Å². The van der Waals surface area contributed by atoms with E-state index in [1.165, 1.54) is 11.2 Å². The average molecular weight is 298 g/mol. The van der Waals surface area contributed by atoms with Crippen molar-refractivity contribution < 1.29 is 5.11 Å². The molecule has 2 aromatic heterocycles. The van der Waals surface area contributed by atoms with E-state index < -0.39 is 0 Å². The number of nitrogens with zero attached hydrogens (tertiary/aromatic N) is 3. The molecule has 21 heavy (non-hydrogen) atoms. The molecular formula is C15H14N4OS. The first-order chi connectivity index (χ1) is 10.2. The van der Waals surface area contributed by atoms with Gasteiger partial charge in [-0.2, -0.15) is 5.10 Å². The van der Waals surface area contributed by atoms with Gasteiger partial charge in [-0.15, -0.1) is 11.3 Å². The molecule has 6 heteroatoms. The minimum absolute atomic E-state index is 0.193. The number of aryl methyl sites for hydroxylation is 2. The summed E-state index contributed by atoms with van der Waals surface area (Å²) in [5.74, 6) is 0.868. The van der Waals surface area contributed by atoms with E-state index in [1.807, 2.05) is 6.07 Å². The molecule has 106 valence electrons. The van der Waals surface area contributed by atoms with Crippen LogP contribution in [-0.4, -0.2) is 21.3 Å². The number of thiophene rings is 1. The number of hydrogen-bond donors (Lipinski definition) is 2. The molecule has 3 rings (SSSR count). The number of para-hydroxylation sites is 1. The van der Waals surface area contributed by atoms with Crippen LogP contribution < -0.4 is 5.43 Å². The van der Waals surface area contributed by atoms with Gasteiger partial charge in [-0.25, -0.2) is 9.97 Å². The average Bonchev–Trinajstić information content (AvgIpc) is 2.77. The van der Waals surface area contributed by atoms with E-state index in [2.05, 4.69) is 34.3 Å². The number of anilines is 1. The van der Waals surface area contributed by atoms with Gasteiger partial charge in [0, 0.05) is 10.4 Å². The largest absolute Gasteiger partial charge is 0.507 e. The van der Waals surface area contributed by atoms with Gasteiger partial charge in [0.2, 0.25) is 0 Å². The van der Waals surface area contributed by atoms with Gasteiger partial charge in [-0.1, -0.05) is 12.1 Å². The minimum Gasteiger partial charge on any atom is -0.507 e. The van der Waals surface area contributed by atoms with Gasteiger partial charge < -0.3 is 5.11 Å². The van der Waals surface area contributed by atoms with E-state index in [-0.39, 0.29) is 5.75 Å². The maximum atomic E-state index is 9.68. The van der Waals surface area contributed by atoms with E-state index in [1.54, 1.807) is 35.8 Å². The second-order valence-corrected chi connectivity index (χ2v) is 5.82. The summed E-state index contributed by atoms with van der Waals surface area (Å²) in [6.45, 7) is 4.12. The third kappa shape index (κ3) is 2.57. The van der Waals surface area contributed by atoms with Gasteiger partial charge in [-0.05, 0) is 31.5 Å². The van der Waals surface area contributed by atoms with Crippen molar-refractivity contribution in [2.24, 2.45) is 5.10 Å². The van der Waals surface area contributed by atoms with Gasteiger partial charge in [-0.3, -0.25) is 5.43 Å². The van der Waals surface area contributed by atoms with Crippen LogP contribution in [0.2, 0.25) is 0 Å². The number of fused-ring (bicyclic) bond motifs is 1. The summed E-state index contributed by atoms with van der Waals surface area (Å²) in [5.41, 5.74) is 4.74. The van der Waals surface area contributed by atoms with Crippen molar-refractivity contribution in [3.05, 3.63) is 46.6 Å². The highest BCUT2D eigenvalue weighted by atomic mass is 32.1. The van der Waals surface area contributed by atoms with Gasteiger partial charge in [0.15, 0.2) is 5.82 Å². The molecule has 5 nitrogen and oxygen atoms in total. The van der Waals surface area contributed by atoms with Crippen LogP contribution in [0.4, 0.5) is 5.82 Å². The molecule has 0 aliphatic carbocycles. The second-order valence-electron chi connectivity index (χ2n) is 4.61. The molecule has 3 aromatic rings. The van der Waals surface area contributed by atoms with E-state index in [9.17, 15) is 5.11 Å². The Morgan fingerprint density at radius 3 is 2.86 bits per heavy atom. The second kappa shape index (κ2) is 5.49. The molecule has 2 heterocycles. The summed E-state index contributed by atoms with van der Waals surface area (Å²) in [5, 5.41) is 14.8. The van der Waals surface area contributed by atoms with Crippen LogP contribution in [0.5, 0.6) is 5.75 Å². The minimum atomic E-state index is 0.193. The summed E-state index contributed by atoms with van der Waals surface area (Å²) in [6, 6.07) is 7.02. The van der Waals surface area contributed by atoms with Crippen molar-refractivity contribution in [3.63, 3.8) is 0 Å². The highest BCUT2D eigenvalue weighted by Crippen LogP contribution is 2.32. The van der Waals surface area contributed by atoms with Gasteiger partial charge in [0.25, 0.3) is 0 Å². The Hall–Kier alpha value is -2.47. The molecule has 0 spiro atoms. The van der Waals surface area contributed by atoms with Gasteiger partial charge in [0.05, 0.1) is 11.6 Å². The number of phenols is 1. The van der Waals surface area contributed by atoms with Crippen molar-refractivity contribution in [1.82, 2.24) is 9.97 Å². The molecule has 0 radical (unpaired) electrons. The fourth-order valence-electron chi connectivity index (χ4n) is 2.03. The standard InChI is InChI=1S/C15H14N4OS/c1-9-10(2)21-15-13(9)14(16-8-17-15)19-18-7-11-5-3-4-6-12(11)20/h3-8,20H,1-2H3,(H,16,17,19)/b18-7-. The molecule has 0 unspecified atom stereocenters. The molecule has 0 aliphatic heterocycles. The smallest absolute Gasteiger partial charge is 0.158 e. The number of nitrogens with one attached hydrogen (secondary N) is 1. The summed E-state index contributed by atoms with van der Waals surface area (Å²) in [7, 11) is 0. The number of hydrazone groups is 1. The molecule has 2 N–H and O–H groups in total. The van der Waals surface area contributed by atoms with Crippen molar-refractivity contribution in [2.75, 3.05) is 5.43 Å². The zero-order chi connectivity index (χ0) is 14.8. The number of aromatic nitrogens is 2. The summed E-state index contributed by atoms with van der Waals surface area (Å²) in [4.78, 5) is 10.7. The topological polar surface area (TPSA) is 70.4 Å². The first kappa shape index (κ1) is 13.5. The fourth-order valence-corrected chi connectivity index (χ4v) is 3.02. The lowest BCUT2D eigenvalue weighted by molar-refractivity contribution is 0.474. The summed E-state index contributed by atoms with van der Waals surface area (Å²) >= 11 is 1.64. The molecule has 0 atom stereocenters. The van der Waals surface area contributed by atoms with Crippen molar-refractivity contribution in [2.45, 2.75) is 13.8 Å². The Labute approximate surface area is 126 Å². The van der Waals surface area contributed by atoms with Crippen LogP contribution in [0, 0.1) is 13.8 Å². The lowest BCUT2D eigenvalue weighted by Crippen LogP contribution is -1.95. The Morgan fingerprint density at radius 1 is 1.24 bits per heavy atom. The number of phenolic OH excluding ortho intramolecular Hbond substituents is 1. The first-order valence-electron chi connectivity index (χ1n) is 6.44. The van der Waals surface area contributed by atoms with Crippen LogP contribution in [0.3, 0.4) is 0 Å². The van der Waals surface area contributed by atoms with Crippen LogP contribution in [0.1, 0.15) is 16.0 Å². The zero-order valence-electron chi connectivity index (χ0n) is 11.7. The zero-order valence-corrected chi connectivity index (χ0v) is 12.5.